The van der Waals surface area contributed by atoms with Crippen LogP contribution < -0.4 is 0 Å². The molecule has 0 aromatic carbocycles. The lowest BCUT2D eigenvalue weighted by Gasteiger charge is -2.01. The minimum atomic E-state index is 0.312. The molecule has 2 aromatic rings. The van der Waals surface area contributed by atoms with Gasteiger partial charge in [0, 0.05) is 12.4 Å². The SMILES string of the molecule is Cc1nccn1-c1ccc(C#N)nn1. The highest BCUT2D eigenvalue weighted by Crippen LogP contribution is 2.05. The van der Waals surface area contributed by atoms with Crippen LogP contribution in [-0.4, -0.2) is 19.7 Å². The third-order valence-corrected chi connectivity index (χ3v) is 1.84. The maximum atomic E-state index is 8.54. The summed E-state index contributed by atoms with van der Waals surface area (Å²) in [6, 6.07) is 5.28. The summed E-state index contributed by atoms with van der Waals surface area (Å²) in [6.07, 6.45) is 3.49. The molecule has 0 radical (unpaired) electrons. The lowest BCUT2D eigenvalue weighted by atomic mass is 10.4. The summed E-state index contributed by atoms with van der Waals surface area (Å²) in [5, 5.41) is 16.2. The molecule has 0 amide bonds. The first-order valence-corrected chi connectivity index (χ1v) is 4.05. The number of rotatable bonds is 1. The van der Waals surface area contributed by atoms with Crippen LogP contribution in [0.25, 0.3) is 5.82 Å². The zero-order chi connectivity index (χ0) is 9.97. The first-order valence-electron chi connectivity index (χ1n) is 4.05. The van der Waals surface area contributed by atoms with Crippen LogP contribution in [0.15, 0.2) is 24.5 Å². The van der Waals surface area contributed by atoms with E-state index in [4.69, 9.17) is 5.26 Å². The van der Waals surface area contributed by atoms with Gasteiger partial charge in [0.1, 0.15) is 11.9 Å². The Bertz CT molecular complexity index is 477. The van der Waals surface area contributed by atoms with E-state index in [9.17, 15) is 0 Å². The summed E-state index contributed by atoms with van der Waals surface area (Å²) >= 11 is 0. The van der Waals surface area contributed by atoms with Crippen molar-refractivity contribution in [2.45, 2.75) is 6.92 Å². The summed E-state index contributed by atoms with van der Waals surface area (Å²) in [4.78, 5) is 4.07. The van der Waals surface area contributed by atoms with Gasteiger partial charge in [-0.15, -0.1) is 10.2 Å². The lowest BCUT2D eigenvalue weighted by molar-refractivity contribution is 0.874. The van der Waals surface area contributed by atoms with Crippen LogP contribution in [-0.2, 0) is 0 Å². The van der Waals surface area contributed by atoms with Gasteiger partial charge in [-0.2, -0.15) is 5.26 Å². The Morgan fingerprint density at radius 2 is 2.21 bits per heavy atom. The molecule has 0 spiro atoms. The van der Waals surface area contributed by atoms with Gasteiger partial charge in [0.25, 0.3) is 0 Å². The van der Waals surface area contributed by atoms with E-state index in [1.54, 1.807) is 29.1 Å². The molecule has 0 saturated heterocycles. The minimum absolute atomic E-state index is 0.312. The quantitative estimate of drug-likeness (QED) is 0.660. The molecule has 0 unspecified atom stereocenters. The van der Waals surface area contributed by atoms with Gasteiger partial charge < -0.3 is 0 Å². The highest BCUT2D eigenvalue weighted by atomic mass is 15.2. The Morgan fingerprint density at radius 1 is 1.36 bits per heavy atom. The average Bonchev–Trinajstić information content (AvgIpc) is 2.65. The molecule has 14 heavy (non-hydrogen) atoms. The predicted molar refractivity (Wildman–Crippen MR) is 48.6 cm³/mol. The van der Waals surface area contributed by atoms with E-state index < -0.39 is 0 Å². The van der Waals surface area contributed by atoms with E-state index in [1.807, 2.05) is 13.0 Å². The Labute approximate surface area is 80.7 Å². The van der Waals surface area contributed by atoms with Crippen LogP contribution in [0.4, 0.5) is 0 Å². The Morgan fingerprint density at radius 3 is 2.71 bits per heavy atom. The van der Waals surface area contributed by atoms with Crippen molar-refractivity contribution < 1.29 is 0 Å². The van der Waals surface area contributed by atoms with Gasteiger partial charge in [0.2, 0.25) is 0 Å². The van der Waals surface area contributed by atoms with Crippen molar-refractivity contribution in [3.63, 3.8) is 0 Å². The van der Waals surface area contributed by atoms with Crippen LogP contribution in [0.1, 0.15) is 11.5 Å². The van der Waals surface area contributed by atoms with Gasteiger partial charge in [0.15, 0.2) is 11.5 Å². The highest BCUT2D eigenvalue weighted by Gasteiger charge is 2.01. The lowest BCUT2D eigenvalue weighted by Crippen LogP contribution is -2.00. The molecule has 0 N–H and O–H groups in total. The van der Waals surface area contributed by atoms with Crippen LogP contribution in [0.5, 0.6) is 0 Å². The van der Waals surface area contributed by atoms with Crippen LogP contribution >= 0.6 is 0 Å². The topological polar surface area (TPSA) is 67.4 Å². The molecular formula is C9H7N5. The maximum Gasteiger partial charge on any atom is 0.163 e. The zero-order valence-corrected chi connectivity index (χ0v) is 7.55. The second-order valence-electron chi connectivity index (χ2n) is 2.73. The number of nitriles is 1. The van der Waals surface area contributed by atoms with E-state index in [2.05, 4.69) is 15.2 Å². The maximum absolute atomic E-state index is 8.54. The van der Waals surface area contributed by atoms with Crippen molar-refractivity contribution >= 4 is 0 Å². The predicted octanol–water partition coefficient (Wildman–Crippen LogP) is 0.842. The third-order valence-electron chi connectivity index (χ3n) is 1.84. The van der Waals surface area contributed by atoms with E-state index in [0.717, 1.165) is 5.82 Å². The normalized spacial score (nSPS) is 9.71. The summed E-state index contributed by atoms with van der Waals surface area (Å²) in [7, 11) is 0. The number of hydrogen-bond donors (Lipinski definition) is 0. The fraction of sp³-hybridized carbons (Fsp3) is 0.111. The number of nitrogens with zero attached hydrogens (tertiary/aromatic N) is 5. The molecule has 0 aliphatic rings. The van der Waals surface area contributed by atoms with Crippen molar-refractivity contribution in [2.75, 3.05) is 0 Å². The summed E-state index contributed by atoms with van der Waals surface area (Å²) in [5.41, 5.74) is 0.312. The zero-order valence-electron chi connectivity index (χ0n) is 7.55. The molecule has 0 saturated carbocycles. The first-order chi connectivity index (χ1) is 6.81. The van der Waals surface area contributed by atoms with Gasteiger partial charge in [0.05, 0.1) is 0 Å². The number of aromatic nitrogens is 4. The van der Waals surface area contributed by atoms with E-state index >= 15 is 0 Å². The molecule has 2 aromatic heterocycles. The molecule has 0 atom stereocenters. The van der Waals surface area contributed by atoms with Crippen molar-refractivity contribution in [3.8, 4) is 11.9 Å². The number of hydrogen-bond acceptors (Lipinski definition) is 4. The molecule has 2 heterocycles. The molecular weight excluding hydrogens is 178 g/mol. The van der Waals surface area contributed by atoms with Gasteiger partial charge in [-0.1, -0.05) is 0 Å². The Kier molecular flexibility index (Phi) is 1.95. The minimum Gasteiger partial charge on any atom is -0.287 e. The molecule has 0 bridgehead atoms. The van der Waals surface area contributed by atoms with E-state index in [-0.39, 0.29) is 0 Å². The number of aryl methyl sites for hydroxylation is 1. The fourth-order valence-electron chi connectivity index (χ4n) is 1.13. The van der Waals surface area contributed by atoms with E-state index in [0.29, 0.717) is 11.5 Å². The first kappa shape index (κ1) is 8.38. The van der Waals surface area contributed by atoms with Crippen LogP contribution in [0.2, 0.25) is 0 Å². The van der Waals surface area contributed by atoms with Crippen molar-refractivity contribution in [2.24, 2.45) is 0 Å². The van der Waals surface area contributed by atoms with Crippen molar-refractivity contribution in [1.82, 2.24) is 19.7 Å². The number of imidazole rings is 1. The highest BCUT2D eigenvalue weighted by molar-refractivity contribution is 5.27. The van der Waals surface area contributed by atoms with Gasteiger partial charge >= 0.3 is 0 Å². The molecule has 0 aliphatic heterocycles. The molecule has 5 heteroatoms. The van der Waals surface area contributed by atoms with E-state index in [1.165, 1.54) is 0 Å². The second-order valence-corrected chi connectivity index (χ2v) is 2.73. The molecule has 0 aliphatic carbocycles. The molecule has 2 rings (SSSR count). The summed E-state index contributed by atoms with van der Waals surface area (Å²) in [6.45, 7) is 1.87. The van der Waals surface area contributed by atoms with Crippen LogP contribution in [0.3, 0.4) is 0 Å². The molecule has 5 nitrogen and oxygen atoms in total. The Hall–Kier alpha value is -2.22. The van der Waals surface area contributed by atoms with Gasteiger partial charge in [-0.25, -0.2) is 4.98 Å². The largest absolute Gasteiger partial charge is 0.287 e. The van der Waals surface area contributed by atoms with Crippen molar-refractivity contribution in [3.05, 3.63) is 36.0 Å². The Balaban J connectivity index is 2.45. The average molecular weight is 185 g/mol. The van der Waals surface area contributed by atoms with Gasteiger partial charge in [-0.05, 0) is 19.1 Å². The smallest absolute Gasteiger partial charge is 0.163 e. The molecule has 68 valence electrons. The van der Waals surface area contributed by atoms with Crippen molar-refractivity contribution in [1.29, 1.82) is 5.26 Å². The summed E-state index contributed by atoms with van der Waals surface area (Å²) in [5.74, 6) is 1.50. The standard InChI is InChI=1S/C9H7N5/c1-7-11-4-5-14(7)9-3-2-8(6-10)12-13-9/h2-5H,1H3. The monoisotopic (exact) mass is 185 g/mol. The summed E-state index contributed by atoms with van der Waals surface area (Å²) < 4.78 is 1.80. The van der Waals surface area contributed by atoms with Gasteiger partial charge in [-0.3, -0.25) is 4.57 Å². The third kappa shape index (κ3) is 1.33. The molecule has 0 fully saturated rings. The second kappa shape index (κ2) is 3.26. The van der Waals surface area contributed by atoms with Crippen LogP contribution in [0, 0.1) is 18.3 Å². The fourth-order valence-corrected chi connectivity index (χ4v) is 1.13.